The summed E-state index contributed by atoms with van der Waals surface area (Å²) < 4.78 is 23.5. The van der Waals surface area contributed by atoms with E-state index in [1.807, 2.05) is 5.38 Å². The minimum absolute atomic E-state index is 0.262. The van der Waals surface area contributed by atoms with Crippen molar-refractivity contribution in [3.05, 3.63) is 16.1 Å². The van der Waals surface area contributed by atoms with Gasteiger partial charge in [-0.05, 0) is 33.1 Å². The van der Waals surface area contributed by atoms with Crippen LogP contribution in [0.5, 0.6) is 0 Å². The van der Waals surface area contributed by atoms with Crippen LogP contribution >= 0.6 is 22.9 Å². The SMILES string of the molecule is CC1(C)C(=O)N(CCCCc2nc(CCl)cs2)S1(=O)=O. The highest BCUT2D eigenvalue weighted by Crippen LogP contribution is 2.34. The smallest absolute Gasteiger partial charge is 0.258 e. The van der Waals surface area contributed by atoms with Gasteiger partial charge in [-0.1, -0.05) is 0 Å². The largest absolute Gasteiger partial charge is 0.272 e. The molecule has 1 saturated heterocycles. The summed E-state index contributed by atoms with van der Waals surface area (Å²) in [7, 11) is -3.44. The maximum absolute atomic E-state index is 11.9. The second kappa shape index (κ2) is 5.61. The summed E-state index contributed by atoms with van der Waals surface area (Å²) in [5.74, 6) is 0.0997. The van der Waals surface area contributed by atoms with Gasteiger partial charge in [-0.15, -0.1) is 22.9 Å². The summed E-state index contributed by atoms with van der Waals surface area (Å²) in [5, 5.41) is 2.92. The average Bonchev–Trinajstić information content (AvgIpc) is 2.85. The van der Waals surface area contributed by atoms with Gasteiger partial charge < -0.3 is 0 Å². The third-order valence-electron chi connectivity index (χ3n) is 3.41. The summed E-state index contributed by atoms with van der Waals surface area (Å²) >= 11 is 7.24. The fourth-order valence-electron chi connectivity index (χ4n) is 2.03. The number of unbranched alkanes of at least 4 members (excludes halogenated alkanes) is 1. The molecule has 1 aromatic heterocycles. The molecule has 0 saturated carbocycles. The molecule has 0 aliphatic carbocycles. The molecular formula is C12H17ClN2O3S2. The lowest BCUT2D eigenvalue weighted by Gasteiger charge is -2.43. The number of aryl methyl sites for hydroxylation is 1. The van der Waals surface area contributed by atoms with E-state index in [2.05, 4.69) is 4.98 Å². The van der Waals surface area contributed by atoms with Gasteiger partial charge in [0.2, 0.25) is 0 Å². The van der Waals surface area contributed by atoms with Crippen molar-refractivity contribution in [1.82, 2.24) is 9.29 Å². The lowest BCUT2D eigenvalue weighted by molar-refractivity contribution is -0.132. The maximum Gasteiger partial charge on any atom is 0.258 e. The van der Waals surface area contributed by atoms with Gasteiger partial charge >= 0.3 is 0 Å². The second-order valence-corrected chi connectivity index (χ2v) is 8.84. The first-order valence-corrected chi connectivity index (χ1v) is 9.22. The van der Waals surface area contributed by atoms with E-state index in [0.29, 0.717) is 12.3 Å². The zero-order valence-electron chi connectivity index (χ0n) is 11.4. The van der Waals surface area contributed by atoms with Crippen LogP contribution in [0.2, 0.25) is 0 Å². The van der Waals surface area contributed by atoms with E-state index in [4.69, 9.17) is 11.6 Å². The van der Waals surface area contributed by atoms with Crippen LogP contribution in [0.1, 0.15) is 37.4 Å². The van der Waals surface area contributed by atoms with Crippen LogP contribution in [0.4, 0.5) is 0 Å². The van der Waals surface area contributed by atoms with E-state index < -0.39 is 14.8 Å². The van der Waals surface area contributed by atoms with Gasteiger partial charge in [0.15, 0.2) is 4.75 Å². The topological polar surface area (TPSA) is 67.3 Å². The van der Waals surface area contributed by atoms with Crippen molar-refractivity contribution in [3.8, 4) is 0 Å². The number of amides is 1. The molecule has 5 nitrogen and oxygen atoms in total. The number of hydrogen-bond acceptors (Lipinski definition) is 5. The van der Waals surface area contributed by atoms with Crippen molar-refractivity contribution in [1.29, 1.82) is 0 Å². The molecule has 0 atom stereocenters. The molecule has 2 heterocycles. The molecule has 0 unspecified atom stereocenters. The number of thiazole rings is 1. The molecule has 8 heteroatoms. The van der Waals surface area contributed by atoms with Gasteiger partial charge in [0.05, 0.1) is 16.6 Å². The average molecular weight is 337 g/mol. The Balaban J connectivity index is 1.79. The maximum atomic E-state index is 11.9. The van der Waals surface area contributed by atoms with Crippen LogP contribution in [0, 0.1) is 0 Å². The Labute approximate surface area is 128 Å². The number of sulfonamides is 1. The third-order valence-corrected chi connectivity index (χ3v) is 7.04. The molecule has 2 rings (SSSR count). The Kier molecular flexibility index (Phi) is 4.41. The van der Waals surface area contributed by atoms with Crippen LogP contribution in [0.25, 0.3) is 0 Å². The summed E-state index contributed by atoms with van der Waals surface area (Å²) in [6.07, 6.45) is 2.23. The monoisotopic (exact) mass is 336 g/mol. The molecule has 1 fully saturated rings. The molecular weight excluding hydrogens is 320 g/mol. The molecule has 1 aromatic rings. The predicted molar refractivity (Wildman–Crippen MR) is 79.3 cm³/mol. The molecule has 1 aliphatic heterocycles. The van der Waals surface area contributed by atoms with E-state index in [1.165, 1.54) is 13.8 Å². The zero-order valence-corrected chi connectivity index (χ0v) is 13.8. The first-order chi connectivity index (χ1) is 9.30. The first kappa shape index (κ1) is 15.7. The predicted octanol–water partition coefficient (Wildman–Crippen LogP) is 2.16. The lowest BCUT2D eigenvalue weighted by Crippen LogP contribution is -2.67. The Hall–Kier alpha value is -0.660. The Morgan fingerprint density at radius 1 is 1.40 bits per heavy atom. The molecule has 0 N–H and O–H groups in total. The van der Waals surface area contributed by atoms with Crippen LogP contribution in [0.15, 0.2) is 5.38 Å². The zero-order chi connectivity index (χ0) is 15.0. The first-order valence-electron chi connectivity index (χ1n) is 6.36. The second-order valence-electron chi connectivity index (χ2n) is 5.22. The van der Waals surface area contributed by atoms with Gasteiger partial charge in [0.1, 0.15) is 0 Å². The number of halogens is 1. The normalized spacial score (nSPS) is 19.9. The van der Waals surface area contributed by atoms with Crippen molar-refractivity contribution in [2.75, 3.05) is 6.54 Å². The van der Waals surface area contributed by atoms with E-state index >= 15 is 0 Å². The number of carbonyl (C=O) groups excluding carboxylic acids is 1. The van der Waals surface area contributed by atoms with Crippen molar-refractivity contribution >= 4 is 38.9 Å². The quantitative estimate of drug-likeness (QED) is 0.589. The fourth-order valence-corrected chi connectivity index (χ4v) is 4.67. The molecule has 20 heavy (non-hydrogen) atoms. The number of aromatic nitrogens is 1. The lowest BCUT2D eigenvalue weighted by atomic mass is 10.1. The summed E-state index contributed by atoms with van der Waals surface area (Å²) in [6, 6.07) is 0. The number of alkyl halides is 1. The van der Waals surface area contributed by atoms with Crippen LogP contribution in [0.3, 0.4) is 0 Å². The molecule has 0 bridgehead atoms. The minimum Gasteiger partial charge on any atom is -0.272 e. The summed E-state index contributed by atoms with van der Waals surface area (Å²) in [4.78, 5) is 16.1. The highest BCUT2D eigenvalue weighted by atomic mass is 35.5. The minimum atomic E-state index is -3.44. The molecule has 112 valence electrons. The van der Waals surface area contributed by atoms with Crippen molar-refractivity contribution < 1.29 is 13.2 Å². The molecule has 1 amide bonds. The highest BCUT2D eigenvalue weighted by molar-refractivity contribution is 7.94. The molecule has 0 spiro atoms. The summed E-state index contributed by atoms with van der Waals surface area (Å²) in [6.45, 7) is 3.16. The Morgan fingerprint density at radius 2 is 2.10 bits per heavy atom. The van der Waals surface area contributed by atoms with E-state index in [9.17, 15) is 13.2 Å². The summed E-state index contributed by atoms with van der Waals surface area (Å²) in [5.41, 5.74) is 0.869. The molecule has 0 radical (unpaired) electrons. The van der Waals surface area contributed by atoms with Crippen LogP contribution < -0.4 is 0 Å². The van der Waals surface area contributed by atoms with Crippen molar-refractivity contribution in [2.45, 2.75) is 43.7 Å². The standard InChI is InChI=1S/C12H17ClN2O3S2/c1-12(2)11(16)15(20(12,17)18)6-4-3-5-10-14-9(7-13)8-19-10/h8H,3-7H2,1-2H3. The number of carbonyl (C=O) groups is 1. The van der Waals surface area contributed by atoms with Gasteiger partial charge in [-0.25, -0.2) is 17.7 Å². The van der Waals surface area contributed by atoms with E-state index in [1.54, 1.807) is 11.3 Å². The van der Waals surface area contributed by atoms with E-state index in [0.717, 1.165) is 27.8 Å². The highest BCUT2D eigenvalue weighted by Gasteiger charge is 2.59. The van der Waals surface area contributed by atoms with Crippen molar-refractivity contribution in [2.24, 2.45) is 0 Å². The van der Waals surface area contributed by atoms with Crippen molar-refractivity contribution in [3.63, 3.8) is 0 Å². The third kappa shape index (κ3) is 2.58. The van der Waals surface area contributed by atoms with Crippen LogP contribution in [-0.2, 0) is 27.1 Å². The van der Waals surface area contributed by atoms with Gasteiger partial charge in [0, 0.05) is 11.9 Å². The molecule has 0 aromatic carbocycles. The number of rotatable bonds is 6. The fraction of sp³-hybridized carbons (Fsp3) is 0.667. The van der Waals surface area contributed by atoms with Gasteiger partial charge in [0.25, 0.3) is 15.9 Å². The Morgan fingerprint density at radius 3 is 2.65 bits per heavy atom. The molecule has 1 aliphatic rings. The number of hydrogen-bond donors (Lipinski definition) is 0. The number of nitrogens with zero attached hydrogens (tertiary/aromatic N) is 2. The Bertz CT molecular complexity index is 610. The van der Waals surface area contributed by atoms with Gasteiger partial charge in [-0.2, -0.15) is 0 Å². The van der Waals surface area contributed by atoms with Crippen LogP contribution in [-0.4, -0.2) is 34.9 Å². The van der Waals surface area contributed by atoms with E-state index in [-0.39, 0.29) is 12.5 Å². The van der Waals surface area contributed by atoms with Gasteiger partial charge in [-0.3, -0.25) is 4.79 Å².